The summed E-state index contributed by atoms with van der Waals surface area (Å²) in [5.74, 6) is 1.68. The van der Waals surface area contributed by atoms with Gasteiger partial charge in [0, 0.05) is 43.9 Å². The summed E-state index contributed by atoms with van der Waals surface area (Å²) in [6, 6.07) is 14.3. The lowest BCUT2D eigenvalue weighted by molar-refractivity contribution is 0.380. The number of halogens is 1. The Balaban J connectivity index is 0.00000300. The van der Waals surface area contributed by atoms with Crippen LogP contribution in [0.4, 0.5) is 0 Å². The lowest BCUT2D eigenvalue weighted by Gasteiger charge is -2.13. The highest BCUT2D eigenvalue weighted by atomic mass is 127. The van der Waals surface area contributed by atoms with Gasteiger partial charge >= 0.3 is 0 Å². The zero-order valence-corrected chi connectivity index (χ0v) is 19.4. The van der Waals surface area contributed by atoms with Gasteiger partial charge in [-0.25, -0.2) is 0 Å². The zero-order chi connectivity index (χ0) is 19.8. The van der Waals surface area contributed by atoms with Gasteiger partial charge in [0.1, 0.15) is 5.76 Å². The molecule has 0 bridgehead atoms. The molecule has 29 heavy (non-hydrogen) atoms. The SMILES string of the molecule is CCc1noc(CC)c1CNC(=NC)NCc1cccc(-c2ccccn2)c1.I. The number of guanidine groups is 1. The molecule has 0 aliphatic carbocycles. The number of hydrogen-bond donors (Lipinski definition) is 2. The first-order valence-electron chi connectivity index (χ1n) is 9.66. The van der Waals surface area contributed by atoms with Crippen LogP contribution < -0.4 is 10.6 Å². The van der Waals surface area contributed by atoms with Crippen LogP contribution in [-0.2, 0) is 25.9 Å². The van der Waals surface area contributed by atoms with Crippen molar-refractivity contribution >= 4 is 29.9 Å². The van der Waals surface area contributed by atoms with Gasteiger partial charge in [-0.1, -0.05) is 43.3 Å². The van der Waals surface area contributed by atoms with Crippen molar-refractivity contribution in [2.45, 2.75) is 39.8 Å². The number of aliphatic imine (C=N–C) groups is 1. The lowest BCUT2D eigenvalue weighted by Crippen LogP contribution is -2.36. The van der Waals surface area contributed by atoms with Gasteiger partial charge in [-0.2, -0.15) is 0 Å². The van der Waals surface area contributed by atoms with Gasteiger partial charge < -0.3 is 15.2 Å². The fourth-order valence-electron chi connectivity index (χ4n) is 3.09. The molecule has 0 atom stereocenters. The van der Waals surface area contributed by atoms with Crippen LogP contribution in [0.1, 0.15) is 36.4 Å². The molecule has 0 amide bonds. The smallest absolute Gasteiger partial charge is 0.191 e. The van der Waals surface area contributed by atoms with Gasteiger partial charge in [0.2, 0.25) is 0 Å². The summed E-state index contributed by atoms with van der Waals surface area (Å²) in [6.45, 7) is 5.47. The average Bonchev–Trinajstić information content (AvgIpc) is 3.16. The molecule has 3 rings (SSSR count). The highest BCUT2D eigenvalue weighted by molar-refractivity contribution is 14.0. The van der Waals surface area contributed by atoms with E-state index >= 15 is 0 Å². The van der Waals surface area contributed by atoms with Gasteiger partial charge in [0.15, 0.2) is 5.96 Å². The molecule has 154 valence electrons. The minimum Gasteiger partial charge on any atom is -0.361 e. The van der Waals surface area contributed by atoms with E-state index in [0.29, 0.717) is 13.1 Å². The van der Waals surface area contributed by atoms with E-state index in [1.54, 1.807) is 7.05 Å². The second kappa shape index (κ2) is 11.5. The number of aryl methyl sites for hydroxylation is 2. The Hall–Kier alpha value is -2.42. The molecule has 2 heterocycles. The van der Waals surface area contributed by atoms with Crippen molar-refractivity contribution in [3.63, 3.8) is 0 Å². The van der Waals surface area contributed by atoms with Gasteiger partial charge in [-0.15, -0.1) is 24.0 Å². The van der Waals surface area contributed by atoms with Crippen molar-refractivity contribution < 1.29 is 4.52 Å². The quantitative estimate of drug-likeness (QED) is 0.284. The Labute approximate surface area is 189 Å². The van der Waals surface area contributed by atoms with Crippen LogP contribution in [0, 0.1) is 0 Å². The molecule has 2 aromatic heterocycles. The highest BCUT2D eigenvalue weighted by Gasteiger charge is 2.13. The summed E-state index contributed by atoms with van der Waals surface area (Å²) >= 11 is 0. The van der Waals surface area contributed by atoms with Crippen LogP contribution >= 0.6 is 24.0 Å². The minimum absolute atomic E-state index is 0. The minimum atomic E-state index is 0. The molecular weight excluding hydrogens is 477 g/mol. The van der Waals surface area contributed by atoms with Crippen molar-refractivity contribution in [1.82, 2.24) is 20.8 Å². The molecule has 0 aliphatic heterocycles. The maximum Gasteiger partial charge on any atom is 0.191 e. The predicted molar refractivity (Wildman–Crippen MR) is 127 cm³/mol. The third kappa shape index (κ3) is 6.03. The van der Waals surface area contributed by atoms with Crippen molar-refractivity contribution in [2.24, 2.45) is 4.99 Å². The van der Waals surface area contributed by atoms with E-state index in [9.17, 15) is 0 Å². The van der Waals surface area contributed by atoms with Crippen LogP contribution in [0.15, 0.2) is 58.2 Å². The molecule has 0 spiro atoms. The molecule has 0 saturated heterocycles. The molecule has 0 unspecified atom stereocenters. The van der Waals surface area contributed by atoms with Gasteiger partial charge in [0.05, 0.1) is 11.4 Å². The monoisotopic (exact) mass is 505 g/mol. The van der Waals surface area contributed by atoms with Crippen LogP contribution in [0.2, 0.25) is 0 Å². The fourth-order valence-corrected chi connectivity index (χ4v) is 3.09. The normalized spacial score (nSPS) is 11.1. The number of nitrogens with one attached hydrogen (secondary N) is 2. The number of aromatic nitrogens is 2. The topological polar surface area (TPSA) is 75.3 Å². The van der Waals surface area contributed by atoms with Crippen LogP contribution in [0.3, 0.4) is 0 Å². The standard InChI is InChI=1S/C22H27N5O.HI/c1-4-19-18(21(5-2)28-27-19)15-26-22(23-3)25-14-16-9-8-10-17(13-16)20-11-6-7-12-24-20;/h6-13H,4-5,14-15H2,1-3H3,(H2,23,25,26);1H. The van der Waals surface area contributed by atoms with Crippen LogP contribution in [0.25, 0.3) is 11.3 Å². The van der Waals surface area contributed by atoms with Crippen LogP contribution in [-0.4, -0.2) is 23.1 Å². The van der Waals surface area contributed by atoms with Gasteiger partial charge in [0.25, 0.3) is 0 Å². The number of rotatable bonds is 7. The van der Waals surface area contributed by atoms with E-state index < -0.39 is 0 Å². The maximum absolute atomic E-state index is 5.43. The number of benzene rings is 1. The summed E-state index contributed by atoms with van der Waals surface area (Å²) in [5, 5.41) is 10.9. The Morgan fingerprint density at radius 1 is 1.03 bits per heavy atom. The Morgan fingerprint density at radius 3 is 2.55 bits per heavy atom. The maximum atomic E-state index is 5.43. The van der Waals surface area contributed by atoms with Crippen molar-refractivity contribution in [2.75, 3.05) is 7.05 Å². The number of pyridine rings is 1. The van der Waals surface area contributed by atoms with Gasteiger partial charge in [-0.05, 0) is 30.2 Å². The van der Waals surface area contributed by atoms with E-state index in [0.717, 1.165) is 47.1 Å². The van der Waals surface area contributed by atoms with Crippen molar-refractivity contribution in [3.8, 4) is 11.3 Å². The predicted octanol–water partition coefficient (Wildman–Crippen LogP) is 4.34. The van der Waals surface area contributed by atoms with Gasteiger partial charge in [-0.3, -0.25) is 9.98 Å². The Bertz CT molecular complexity index is 902. The molecule has 2 N–H and O–H groups in total. The van der Waals surface area contributed by atoms with E-state index in [4.69, 9.17) is 4.52 Å². The molecule has 1 aromatic carbocycles. The van der Waals surface area contributed by atoms with E-state index in [2.05, 4.69) is 63.9 Å². The second-order valence-electron chi connectivity index (χ2n) is 6.43. The summed E-state index contributed by atoms with van der Waals surface area (Å²) in [4.78, 5) is 8.75. The third-order valence-electron chi connectivity index (χ3n) is 4.61. The summed E-state index contributed by atoms with van der Waals surface area (Å²) in [7, 11) is 1.77. The van der Waals surface area contributed by atoms with Crippen LogP contribution in [0.5, 0.6) is 0 Å². The molecule has 0 fully saturated rings. The first kappa shape index (κ1) is 22.9. The molecule has 3 aromatic rings. The summed E-state index contributed by atoms with van der Waals surface area (Å²) in [5.41, 5.74) is 5.37. The molecule has 0 radical (unpaired) electrons. The highest BCUT2D eigenvalue weighted by Crippen LogP contribution is 2.18. The van der Waals surface area contributed by atoms with E-state index in [1.807, 2.05) is 24.4 Å². The molecular formula is C22H28IN5O. The first-order chi connectivity index (χ1) is 13.7. The lowest BCUT2D eigenvalue weighted by atomic mass is 10.1. The number of hydrogen-bond acceptors (Lipinski definition) is 4. The summed E-state index contributed by atoms with van der Waals surface area (Å²) < 4.78 is 5.43. The van der Waals surface area contributed by atoms with E-state index in [-0.39, 0.29) is 24.0 Å². The molecule has 0 aliphatic rings. The molecule has 0 saturated carbocycles. The zero-order valence-electron chi connectivity index (χ0n) is 17.1. The average molecular weight is 505 g/mol. The van der Waals surface area contributed by atoms with E-state index in [1.165, 1.54) is 5.56 Å². The Morgan fingerprint density at radius 2 is 1.86 bits per heavy atom. The Kier molecular flexibility index (Phi) is 9.11. The number of nitrogens with zero attached hydrogens (tertiary/aromatic N) is 3. The van der Waals surface area contributed by atoms with Crippen molar-refractivity contribution in [1.29, 1.82) is 0 Å². The third-order valence-corrected chi connectivity index (χ3v) is 4.61. The van der Waals surface area contributed by atoms with Crippen molar-refractivity contribution in [3.05, 3.63) is 71.2 Å². The first-order valence-corrected chi connectivity index (χ1v) is 9.66. The molecule has 7 heteroatoms. The fraction of sp³-hybridized carbons (Fsp3) is 0.318. The second-order valence-corrected chi connectivity index (χ2v) is 6.43. The summed E-state index contributed by atoms with van der Waals surface area (Å²) in [6.07, 6.45) is 3.50. The molecule has 6 nitrogen and oxygen atoms in total. The largest absolute Gasteiger partial charge is 0.361 e.